The third-order valence-electron chi connectivity index (χ3n) is 4.36. The maximum atomic E-state index is 9.71. The van der Waals surface area contributed by atoms with Gasteiger partial charge in [-0.05, 0) is 50.8 Å². The van der Waals surface area contributed by atoms with Crippen LogP contribution in [-0.2, 0) is 6.54 Å². The lowest BCUT2D eigenvalue weighted by atomic mass is 9.91. The summed E-state index contributed by atoms with van der Waals surface area (Å²) < 4.78 is 0. The maximum Gasteiger partial charge on any atom is 0.0541 e. The van der Waals surface area contributed by atoms with Crippen LogP contribution in [0.25, 0.3) is 0 Å². The minimum atomic E-state index is -0.170. The number of hydrogen-bond acceptors (Lipinski definition) is 3. The zero-order valence-corrected chi connectivity index (χ0v) is 13.0. The van der Waals surface area contributed by atoms with E-state index in [1.807, 2.05) is 6.92 Å². The summed E-state index contributed by atoms with van der Waals surface area (Å²) in [6, 6.07) is 6.75. The van der Waals surface area contributed by atoms with E-state index in [1.165, 1.54) is 16.8 Å². The summed E-state index contributed by atoms with van der Waals surface area (Å²) in [7, 11) is 0. The molecule has 0 bridgehead atoms. The molecule has 1 saturated heterocycles. The molecule has 2 N–H and O–H groups in total. The lowest BCUT2D eigenvalue weighted by Crippen LogP contribution is -2.37. The number of aryl methyl sites for hydroxylation is 1. The van der Waals surface area contributed by atoms with Crippen molar-refractivity contribution in [3.05, 3.63) is 29.3 Å². The predicted molar refractivity (Wildman–Crippen MR) is 85.2 cm³/mol. The Morgan fingerprint density at radius 1 is 1.35 bits per heavy atom. The van der Waals surface area contributed by atoms with Gasteiger partial charge in [-0.3, -0.25) is 0 Å². The largest absolute Gasteiger partial charge is 0.393 e. The van der Waals surface area contributed by atoms with Crippen LogP contribution in [0.2, 0.25) is 0 Å². The molecule has 3 heteroatoms. The molecule has 112 valence electrons. The van der Waals surface area contributed by atoms with Crippen LogP contribution in [-0.4, -0.2) is 30.8 Å². The molecule has 1 aromatic carbocycles. The molecule has 20 heavy (non-hydrogen) atoms. The quantitative estimate of drug-likeness (QED) is 0.868. The molecule has 3 nitrogen and oxygen atoms in total. The lowest BCUT2D eigenvalue weighted by Gasteiger charge is -2.36. The summed E-state index contributed by atoms with van der Waals surface area (Å²) >= 11 is 0. The monoisotopic (exact) mass is 276 g/mol. The molecule has 1 aliphatic rings. The van der Waals surface area contributed by atoms with Gasteiger partial charge in [-0.2, -0.15) is 0 Å². The number of piperidine rings is 1. The Bertz CT molecular complexity index is 423. The first-order valence-electron chi connectivity index (χ1n) is 7.85. The molecular weight excluding hydrogens is 248 g/mol. The highest BCUT2D eigenvalue weighted by atomic mass is 16.3. The van der Waals surface area contributed by atoms with E-state index in [-0.39, 0.29) is 6.10 Å². The summed E-state index contributed by atoms with van der Waals surface area (Å²) in [6.45, 7) is 10.3. The SMILES string of the molecule is CCNCc1cc(C)ccc1N1CCC(C(C)O)CC1. The minimum absolute atomic E-state index is 0.170. The first kappa shape index (κ1) is 15.3. The smallest absolute Gasteiger partial charge is 0.0541 e. The molecule has 1 atom stereocenters. The maximum absolute atomic E-state index is 9.71. The van der Waals surface area contributed by atoms with Crippen molar-refractivity contribution in [1.29, 1.82) is 0 Å². The van der Waals surface area contributed by atoms with Crippen LogP contribution in [0, 0.1) is 12.8 Å². The normalized spacial score (nSPS) is 18.3. The lowest BCUT2D eigenvalue weighted by molar-refractivity contribution is 0.110. The van der Waals surface area contributed by atoms with Crippen molar-refractivity contribution in [1.82, 2.24) is 5.32 Å². The molecule has 0 radical (unpaired) electrons. The second kappa shape index (κ2) is 7.09. The Morgan fingerprint density at radius 2 is 2.05 bits per heavy atom. The Hall–Kier alpha value is -1.06. The van der Waals surface area contributed by atoms with Crippen LogP contribution in [0.15, 0.2) is 18.2 Å². The molecule has 0 amide bonds. The highest BCUT2D eigenvalue weighted by molar-refractivity contribution is 5.55. The van der Waals surface area contributed by atoms with Crippen LogP contribution >= 0.6 is 0 Å². The number of rotatable bonds is 5. The molecule has 1 heterocycles. The number of aliphatic hydroxyl groups is 1. The molecule has 0 spiro atoms. The average molecular weight is 276 g/mol. The van der Waals surface area contributed by atoms with E-state index in [0.717, 1.165) is 39.0 Å². The van der Waals surface area contributed by atoms with Crippen molar-refractivity contribution in [2.75, 3.05) is 24.5 Å². The number of anilines is 1. The second-order valence-electron chi connectivity index (χ2n) is 5.98. The first-order valence-corrected chi connectivity index (χ1v) is 7.85. The third-order valence-corrected chi connectivity index (χ3v) is 4.36. The molecule has 1 fully saturated rings. The Balaban J connectivity index is 2.08. The molecule has 0 saturated carbocycles. The molecule has 1 aliphatic heterocycles. The van der Waals surface area contributed by atoms with Crippen molar-refractivity contribution in [3.8, 4) is 0 Å². The molecule has 0 aromatic heterocycles. The summed E-state index contributed by atoms with van der Waals surface area (Å²) in [5.41, 5.74) is 4.07. The molecule has 1 aromatic rings. The van der Waals surface area contributed by atoms with Gasteiger partial charge in [0, 0.05) is 25.3 Å². The van der Waals surface area contributed by atoms with Crippen LogP contribution in [0.1, 0.15) is 37.8 Å². The van der Waals surface area contributed by atoms with Gasteiger partial charge in [0.05, 0.1) is 6.10 Å². The fraction of sp³-hybridized carbons (Fsp3) is 0.647. The van der Waals surface area contributed by atoms with E-state index in [4.69, 9.17) is 0 Å². The minimum Gasteiger partial charge on any atom is -0.393 e. The van der Waals surface area contributed by atoms with Gasteiger partial charge in [-0.15, -0.1) is 0 Å². The Morgan fingerprint density at radius 3 is 2.65 bits per heavy atom. The zero-order valence-electron chi connectivity index (χ0n) is 13.0. The molecule has 1 unspecified atom stereocenters. The molecular formula is C17H28N2O. The zero-order chi connectivity index (χ0) is 14.5. The van der Waals surface area contributed by atoms with Gasteiger partial charge in [0.2, 0.25) is 0 Å². The van der Waals surface area contributed by atoms with Gasteiger partial charge in [-0.1, -0.05) is 24.6 Å². The second-order valence-corrected chi connectivity index (χ2v) is 5.98. The van der Waals surface area contributed by atoms with Crippen LogP contribution < -0.4 is 10.2 Å². The summed E-state index contributed by atoms with van der Waals surface area (Å²) in [6.07, 6.45) is 2.01. The Labute approximate surface area is 123 Å². The topological polar surface area (TPSA) is 35.5 Å². The van der Waals surface area contributed by atoms with E-state index in [9.17, 15) is 5.11 Å². The Kier molecular flexibility index (Phi) is 5.44. The van der Waals surface area contributed by atoms with E-state index < -0.39 is 0 Å². The van der Waals surface area contributed by atoms with Gasteiger partial charge >= 0.3 is 0 Å². The highest BCUT2D eigenvalue weighted by Crippen LogP contribution is 2.28. The van der Waals surface area contributed by atoms with Crippen molar-refractivity contribution in [2.24, 2.45) is 5.92 Å². The van der Waals surface area contributed by atoms with E-state index >= 15 is 0 Å². The van der Waals surface area contributed by atoms with Gasteiger partial charge < -0.3 is 15.3 Å². The fourth-order valence-corrected chi connectivity index (χ4v) is 3.05. The number of aliphatic hydroxyl groups excluding tert-OH is 1. The summed E-state index contributed by atoms with van der Waals surface area (Å²) in [5, 5.41) is 13.1. The van der Waals surface area contributed by atoms with Gasteiger partial charge in [0.25, 0.3) is 0 Å². The van der Waals surface area contributed by atoms with E-state index in [2.05, 4.69) is 42.3 Å². The van der Waals surface area contributed by atoms with Crippen molar-refractivity contribution in [2.45, 2.75) is 46.3 Å². The molecule has 2 rings (SSSR count). The standard InChI is InChI=1S/C17H28N2O/c1-4-18-12-16-11-13(2)5-6-17(16)19-9-7-15(8-10-19)14(3)20/h5-6,11,14-15,18,20H,4,7-10,12H2,1-3H3. The van der Waals surface area contributed by atoms with Crippen LogP contribution in [0.5, 0.6) is 0 Å². The number of nitrogens with one attached hydrogen (secondary N) is 1. The number of benzene rings is 1. The fourth-order valence-electron chi connectivity index (χ4n) is 3.05. The summed E-state index contributed by atoms with van der Waals surface area (Å²) in [4.78, 5) is 2.48. The van der Waals surface area contributed by atoms with Gasteiger partial charge in [-0.25, -0.2) is 0 Å². The van der Waals surface area contributed by atoms with Gasteiger partial charge in [0.15, 0.2) is 0 Å². The molecule has 0 aliphatic carbocycles. The summed E-state index contributed by atoms with van der Waals surface area (Å²) in [5.74, 6) is 0.467. The predicted octanol–water partition coefficient (Wildman–Crippen LogP) is 2.70. The van der Waals surface area contributed by atoms with Crippen molar-refractivity contribution >= 4 is 5.69 Å². The van der Waals surface area contributed by atoms with Crippen LogP contribution in [0.4, 0.5) is 5.69 Å². The van der Waals surface area contributed by atoms with E-state index in [1.54, 1.807) is 0 Å². The average Bonchev–Trinajstić information content (AvgIpc) is 2.45. The highest BCUT2D eigenvalue weighted by Gasteiger charge is 2.23. The third kappa shape index (κ3) is 3.74. The van der Waals surface area contributed by atoms with E-state index in [0.29, 0.717) is 5.92 Å². The van der Waals surface area contributed by atoms with Gasteiger partial charge in [0.1, 0.15) is 0 Å². The van der Waals surface area contributed by atoms with Crippen LogP contribution in [0.3, 0.4) is 0 Å². The first-order chi connectivity index (χ1) is 9.61. The number of nitrogens with zero attached hydrogens (tertiary/aromatic N) is 1. The van der Waals surface area contributed by atoms with Crippen molar-refractivity contribution < 1.29 is 5.11 Å². The number of hydrogen-bond donors (Lipinski definition) is 2. The van der Waals surface area contributed by atoms with Crippen molar-refractivity contribution in [3.63, 3.8) is 0 Å².